The van der Waals surface area contributed by atoms with E-state index in [0.29, 0.717) is 17.0 Å². The van der Waals surface area contributed by atoms with Crippen LogP contribution in [0.4, 0.5) is 5.69 Å². The molecule has 0 spiro atoms. The lowest BCUT2D eigenvalue weighted by atomic mass is 10.1. The van der Waals surface area contributed by atoms with E-state index in [-0.39, 0.29) is 5.91 Å². The summed E-state index contributed by atoms with van der Waals surface area (Å²) in [6.07, 6.45) is 0. The molecule has 24 heavy (non-hydrogen) atoms. The highest BCUT2D eigenvalue weighted by Gasteiger charge is 2.11. The average molecular weight is 321 g/mol. The Morgan fingerprint density at radius 3 is 2.38 bits per heavy atom. The number of aryl methyl sites for hydroxylation is 1. The maximum atomic E-state index is 12.6. The summed E-state index contributed by atoms with van der Waals surface area (Å²) in [4.78, 5) is 12.6. The summed E-state index contributed by atoms with van der Waals surface area (Å²) < 4.78 is 10.5. The second-order valence-electron chi connectivity index (χ2n) is 5.59. The van der Waals surface area contributed by atoms with E-state index < -0.39 is 0 Å². The van der Waals surface area contributed by atoms with Crippen LogP contribution in [-0.4, -0.2) is 20.1 Å². The first-order valence-corrected chi connectivity index (χ1v) is 7.64. The molecule has 4 nitrogen and oxygen atoms in total. The highest BCUT2D eigenvalue weighted by atomic mass is 16.5. The van der Waals surface area contributed by atoms with Crippen molar-refractivity contribution in [3.63, 3.8) is 0 Å². The molecule has 1 N–H and O–H groups in total. The van der Waals surface area contributed by atoms with Gasteiger partial charge in [0.05, 0.1) is 19.9 Å². The summed E-state index contributed by atoms with van der Waals surface area (Å²) in [6.45, 7) is 1.97. The predicted octanol–water partition coefficient (Wildman–Crippen LogP) is 4.42. The fraction of sp³-hybridized carbons (Fsp3) is 0.150. The molecule has 0 heterocycles. The first kappa shape index (κ1) is 15.9. The summed E-state index contributed by atoms with van der Waals surface area (Å²) in [6, 6.07) is 17.0. The van der Waals surface area contributed by atoms with Gasteiger partial charge in [0, 0.05) is 5.56 Å². The van der Waals surface area contributed by atoms with Crippen molar-refractivity contribution in [1.29, 1.82) is 0 Å². The van der Waals surface area contributed by atoms with Crippen molar-refractivity contribution in [3.8, 4) is 11.5 Å². The third kappa shape index (κ3) is 3.18. The van der Waals surface area contributed by atoms with Crippen molar-refractivity contribution in [1.82, 2.24) is 0 Å². The van der Waals surface area contributed by atoms with E-state index in [4.69, 9.17) is 9.47 Å². The van der Waals surface area contributed by atoms with Crippen LogP contribution < -0.4 is 14.8 Å². The first-order chi connectivity index (χ1) is 11.6. The van der Waals surface area contributed by atoms with Crippen LogP contribution in [-0.2, 0) is 0 Å². The minimum absolute atomic E-state index is 0.170. The van der Waals surface area contributed by atoms with E-state index in [0.717, 1.165) is 22.1 Å². The number of carbonyl (C=O) groups is 1. The molecule has 0 atom stereocenters. The molecule has 0 saturated heterocycles. The summed E-state index contributed by atoms with van der Waals surface area (Å²) in [5, 5.41) is 4.93. The molecule has 4 heteroatoms. The van der Waals surface area contributed by atoms with Crippen molar-refractivity contribution in [2.75, 3.05) is 19.5 Å². The standard InChI is InChI=1S/C20H19NO3/c1-13-4-9-19(24-3)18(10-13)21-20(22)16-6-5-15-12-17(23-2)8-7-14(15)11-16/h4-12H,1-3H3,(H,21,22). The lowest BCUT2D eigenvalue weighted by molar-refractivity contribution is 0.102. The van der Waals surface area contributed by atoms with Gasteiger partial charge in [0.25, 0.3) is 5.91 Å². The maximum Gasteiger partial charge on any atom is 0.255 e. The number of anilines is 1. The molecule has 0 bridgehead atoms. The minimum Gasteiger partial charge on any atom is -0.497 e. The number of nitrogens with one attached hydrogen (secondary N) is 1. The van der Waals surface area contributed by atoms with Crippen LogP contribution in [0.5, 0.6) is 11.5 Å². The second-order valence-corrected chi connectivity index (χ2v) is 5.59. The van der Waals surface area contributed by atoms with Gasteiger partial charge in [-0.15, -0.1) is 0 Å². The largest absolute Gasteiger partial charge is 0.497 e. The van der Waals surface area contributed by atoms with E-state index in [1.165, 1.54) is 0 Å². The Morgan fingerprint density at radius 1 is 0.875 bits per heavy atom. The molecule has 0 saturated carbocycles. The Kier molecular flexibility index (Phi) is 4.38. The summed E-state index contributed by atoms with van der Waals surface area (Å²) in [5.74, 6) is 1.26. The summed E-state index contributed by atoms with van der Waals surface area (Å²) >= 11 is 0. The van der Waals surface area contributed by atoms with Crippen molar-refractivity contribution >= 4 is 22.4 Å². The summed E-state index contributed by atoms with van der Waals surface area (Å²) in [7, 11) is 3.22. The van der Waals surface area contributed by atoms with Gasteiger partial charge in [0.2, 0.25) is 0 Å². The monoisotopic (exact) mass is 321 g/mol. The Labute approximate surface area is 141 Å². The number of rotatable bonds is 4. The number of hydrogen-bond acceptors (Lipinski definition) is 3. The maximum absolute atomic E-state index is 12.6. The molecule has 0 aliphatic heterocycles. The van der Waals surface area contributed by atoms with Gasteiger partial charge >= 0.3 is 0 Å². The molecule has 0 aliphatic rings. The zero-order chi connectivity index (χ0) is 17.1. The normalized spacial score (nSPS) is 10.5. The molecule has 0 aromatic heterocycles. The van der Waals surface area contributed by atoms with Gasteiger partial charge in [0.1, 0.15) is 11.5 Å². The molecule has 0 fully saturated rings. The van der Waals surface area contributed by atoms with E-state index in [9.17, 15) is 4.79 Å². The van der Waals surface area contributed by atoms with Crippen LogP contribution in [0.25, 0.3) is 10.8 Å². The Bertz CT molecular complexity index is 903. The highest BCUT2D eigenvalue weighted by Crippen LogP contribution is 2.27. The van der Waals surface area contributed by atoms with Crippen molar-refractivity contribution in [2.24, 2.45) is 0 Å². The molecular formula is C20H19NO3. The molecular weight excluding hydrogens is 302 g/mol. The molecule has 3 aromatic rings. The van der Waals surface area contributed by atoms with Crippen LogP contribution in [0.3, 0.4) is 0 Å². The molecule has 0 radical (unpaired) electrons. The third-order valence-corrected chi connectivity index (χ3v) is 3.91. The van der Waals surface area contributed by atoms with Gasteiger partial charge in [-0.3, -0.25) is 4.79 Å². The number of fused-ring (bicyclic) bond motifs is 1. The first-order valence-electron chi connectivity index (χ1n) is 7.64. The fourth-order valence-corrected chi connectivity index (χ4v) is 2.61. The third-order valence-electron chi connectivity index (χ3n) is 3.91. The average Bonchev–Trinajstić information content (AvgIpc) is 2.61. The Morgan fingerprint density at radius 2 is 1.62 bits per heavy atom. The predicted molar refractivity (Wildman–Crippen MR) is 96.2 cm³/mol. The van der Waals surface area contributed by atoms with Gasteiger partial charge in [-0.05, 0) is 59.7 Å². The fourth-order valence-electron chi connectivity index (χ4n) is 2.61. The van der Waals surface area contributed by atoms with Crippen LogP contribution >= 0.6 is 0 Å². The van der Waals surface area contributed by atoms with E-state index >= 15 is 0 Å². The van der Waals surface area contributed by atoms with Gasteiger partial charge in [-0.25, -0.2) is 0 Å². The van der Waals surface area contributed by atoms with Gasteiger partial charge in [-0.2, -0.15) is 0 Å². The zero-order valence-electron chi connectivity index (χ0n) is 13.9. The van der Waals surface area contributed by atoms with E-state index in [1.807, 2.05) is 55.5 Å². The zero-order valence-corrected chi connectivity index (χ0v) is 13.9. The topological polar surface area (TPSA) is 47.6 Å². The molecule has 0 unspecified atom stereocenters. The number of carbonyl (C=O) groups excluding carboxylic acids is 1. The van der Waals surface area contributed by atoms with E-state index in [2.05, 4.69) is 5.32 Å². The Hall–Kier alpha value is -3.01. The van der Waals surface area contributed by atoms with Crippen LogP contribution in [0, 0.1) is 6.92 Å². The summed E-state index contributed by atoms with van der Waals surface area (Å²) in [5.41, 5.74) is 2.31. The SMILES string of the molecule is COc1ccc2cc(C(=O)Nc3cc(C)ccc3OC)ccc2c1. The highest BCUT2D eigenvalue weighted by molar-refractivity contribution is 6.07. The lowest BCUT2D eigenvalue weighted by Gasteiger charge is -2.11. The Balaban J connectivity index is 1.90. The molecule has 1 amide bonds. The molecule has 122 valence electrons. The molecule has 0 aliphatic carbocycles. The molecule has 3 rings (SSSR count). The minimum atomic E-state index is -0.170. The van der Waals surface area contributed by atoms with E-state index in [1.54, 1.807) is 20.3 Å². The van der Waals surface area contributed by atoms with Crippen LogP contribution in [0.2, 0.25) is 0 Å². The van der Waals surface area contributed by atoms with Crippen LogP contribution in [0.15, 0.2) is 54.6 Å². The van der Waals surface area contributed by atoms with Crippen LogP contribution in [0.1, 0.15) is 15.9 Å². The van der Waals surface area contributed by atoms with Gasteiger partial charge in [-0.1, -0.05) is 18.2 Å². The number of ether oxygens (including phenoxy) is 2. The van der Waals surface area contributed by atoms with Crippen molar-refractivity contribution < 1.29 is 14.3 Å². The van der Waals surface area contributed by atoms with Crippen molar-refractivity contribution in [2.45, 2.75) is 6.92 Å². The number of amides is 1. The number of hydrogen-bond donors (Lipinski definition) is 1. The number of benzene rings is 3. The number of methoxy groups -OCH3 is 2. The van der Waals surface area contributed by atoms with Gasteiger partial charge in [0.15, 0.2) is 0 Å². The quantitative estimate of drug-likeness (QED) is 0.774. The molecule has 3 aromatic carbocycles. The van der Waals surface area contributed by atoms with Crippen molar-refractivity contribution in [3.05, 3.63) is 65.7 Å². The smallest absolute Gasteiger partial charge is 0.255 e. The lowest BCUT2D eigenvalue weighted by Crippen LogP contribution is -2.12. The second kappa shape index (κ2) is 6.62. The van der Waals surface area contributed by atoms with Gasteiger partial charge < -0.3 is 14.8 Å².